The molecule has 72 valence electrons. The standard InChI is InChI=1S/C9H13NO2S/c1-6(7(2)9(11)12)3-8-4-10-5-13-8/h4-7H,3H2,1-2H3,(H,11,12). The molecule has 4 heteroatoms. The van der Waals surface area contributed by atoms with E-state index in [2.05, 4.69) is 4.98 Å². The summed E-state index contributed by atoms with van der Waals surface area (Å²) >= 11 is 1.58. The summed E-state index contributed by atoms with van der Waals surface area (Å²) in [6.45, 7) is 3.70. The summed E-state index contributed by atoms with van der Waals surface area (Å²) in [5, 5.41) is 8.77. The van der Waals surface area contributed by atoms with Gasteiger partial charge in [0.25, 0.3) is 0 Å². The fourth-order valence-electron chi connectivity index (χ4n) is 1.08. The summed E-state index contributed by atoms with van der Waals surface area (Å²) < 4.78 is 0. The molecule has 0 spiro atoms. The van der Waals surface area contributed by atoms with Gasteiger partial charge in [-0.15, -0.1) is 11.3 Å². The lowest BCUT2D eigenvalue weighted by Gasteiger charge is -2.13. The zero-order valence-electron chi connectivity index (χ0n) is 7.73. The second kappa shape index (κ2) is 4.37. The zero-order valence-corrected chi connectivity index (χ0v) is 8.54. The highest BCUT2D eigenvalue weighted by atomic mass is 32.1. The summed E-state index contributed by atoms with van der Waals surface area (Å²) in [6, 6.07) is 0. The minimum absolute atomic E-state index is 0.165. The van der Waals surface area contributed by atoms with Gasteiger partial charge in [-0.2, -0.15) is 0 Å². The quantitative estimate of drug-likeness (QED) is 0.807. The van der Waals surface area contributed by atoms with Gasteiger partial charge in [0.05, 0.1) is 11.4 Å². The Bertz CT molecular complexity index is 271. The molecule has 1 rings (SSSR count). The van der Waals surface area contributed by atoms with Crippen molar-refractivity contribution in [2.75, 3.05) is 0 Å². The maximum absolute atomic E-state index is 10.7. The molecule has 2 unspecified atom stereocenters. The van der Waals surface area contributed by atoms with E-state index in [-0.39, 0.29) is 11.8 Å². The monoisotopic (exact) mass is 199 g/mol. The van der Waals surface area contributed by atoms with Gasteiger partial charge < -0.3 is 5.11 Å². The molecule has 1 aromatic heterocycles. The first-order valence-corrected chi connectivity index (χ1v) is 5.09. The number of aromatic nitrogens is 1. The maximum atomic E-state index is 10.7. The van der Waals surface area contributed by atoms with Crippen molar-refractivity contribution in [3.8, 4) is 0 Å². The predicted octanol–water partition coefficient (Wildman–Crippen LogP) is 2.04. The Morgan fingerprint density at radius 3 is 2.85 bits per heavy atom. The van der Waals surface area contributed by atoms with E-state index < -0.39 is 5.97 Å². The average Bonchev–Trinajstić information content (AvgIpc) is 2.55. The molecule has 0 aromatic carbocycles. The minimum Gasteiger partial charge on any atom is -0.481 e. The lowest BCUT2D eigenvalue weighted by molar-refractivity contribution is -0.142. The van der Waals surface area contributed by atoms with Crippen LogP contribution in [0.2, 0.25) is 0 Å². The highest BCUT2D eigenvalue weighted by molar-refractivity contribution is 7.09. The summed E-state index contributed by atoms with van der Waals surface area (Å²) in [4.78, 5) is 15.8. The van der Waals surface area contributed by atoms with Crippen LogP contribution < -0.4 is 0 Å². The first kappa shape index (κ1) is 10.2. The number of carboxylic acids is 1. The van der Waals surface area contributed by atoms with Crippen molar-refractivity contribution in [2.45, 2.75) is 20.3 Å². The molecule has 1 heterocycles. The van der Waals surface area contributed by atoms with Gasteiger partial charge in [-0.05, 0) is 12.3 Å². The molecule has 0 aliphatic heterocycles. The van der Waals surface area contributed by atoms with Gasteiger partial charge in [-0.25, -0.2) is 0 Å². The maximum Gasteiger partial charge on any atom is 0.306 e. The molecule has 1 aromatic rings. The van der Waals surface area contributed by atoms with Gasteiger partial charge in [0.2, 0.25) is 0 Å². The van der Waals surface area contributed by atoms with Crippen LogP contribution in [0.15, 0.2) is 11.7 Å². The Hall–Kier alpha value is -0.900. The van der Waals surface area contributed by atoms with Crippen LogP contribution in [-0.4, -0.2) is 16.1 Å². The smallest absolute Gasteiger partial charge is 0.306 e. The van der Waals surface area contributed by atoms with E-state index in [1.54, 1.807) is 30.0 Å². The Morgan fingerprint density at radius 2 is 2.38 bits per heavy atom. The number of nitrogens with zero attached hydrogens (tertiary/aromatic N) is 1. The van der Waals surface area contributed by atoms with Crippen LogP contribution in [0.1, 0.15) is 18.7 Å². The molecule has 0 fully saturated rings. The number of hydrogen-bond donors (Lipinski definition) is 1. The molecule has 1 N–H and O–H groups in total. The van der Waals surface area contributed by atoms with Crippen LogP contribution in [0.4, 0.5) is 0 Å². The van der Waals surface area contributed by atoms with Crippen molar-refractivity contribution in [3.63, 3.8) is 0 Å². The van der Waals surface area contributed by atoms with Gasteiger partial charge in [0.15, 0.2) is 0 Å². The first-order valence-electron chi connectivity index (χ1n) is 4.21. The number of carbonyl (C=O) groups is 1. The summed E-state index contributed by atoms with van der Waals surface area (Å²) in [5.74, 6) is -0.850. The van der Waals surface area contributed by atoms with Gasteiger partial charge in [-0.3, -0.25) is 9.78 Å². The summed E-state index contributed by atoms with van der Waals surface area (Å²) in [5.41, 5.74) is 1.77. The normalized spacial score (nSPS) is 15.2. The third kappa shape index (κ3) is 2.81. The van der Waals surface area contributed by atoms with Crippen LogP contribution in [0.3, 0.4) is 0 Å². The SMILES string of the molecule is CC(Cc1cncs1)C(C)C(=O)O. The van der Waals surface area contributed by atoms with Crippen LogP contribution >= 0.6 is 11.3 Å². The molecule has 3 nitrogen and oxygen atoms in total. The number of rotatable bonds is 4. The lowest BCUT2D eigenvalue weighted by Crippen LogP contribution is -2.19. The number of aliphatic carboxylic acids is 1. The van der Waals surface area contributed by atoms with Gasteiger partial charge >= 0.3 is 5.97 Å². The van der Waals surface area contributed by atoms with Crippen molar-refractivity contribution in [1.29, 1.82) is 0 Å². The zero-order chi connectivity index (χ0) is 9.84. The summed E-state index contributed by atoms with van der Waals surface area (Å²) in [6.07, 6.45) is 2.61. The predicted molar refractivity (Wildman–Crippen MR) is 51.8 cm³/mol. The number of thiazole rings is 1. The number of carboxylic acid groups (broad SMARTS) is 1. The molecule has 0 saturated carbocycles. The number of hydrogen-bond acceptors (Lipinski definition) is 3. The Labute approximate surface area is 81.4 Å². The van der Waals surface area contributed by atoms with Crippen molar-refractivity contribution in [1.82, 2.24) is 4.98 Å². The van der Waals surface area contributed by atoms with E-state index in [1.165, 1.54) is 0 Å². The average molecular weight is 199 g/mol. The third-order valence-corrected chi connectivity index (χ3v) is 3.05. The molecule has 0 saturated heterocycles. The molecule has 2 atom stereocenters. The van der Waals surface area contributed by atoms with Gasteiger partial charge in [0.1, 0.15) is 0 Å². The molecule has 13 heavy (non-hydrogen) atoms. The molecule has 0 aliphatic rings. The van der Waals surface area contributed by atoms with E-state index >= 15 is 0 Å². The minimum atomic E-state index is -0.725. The molecular formula is C9H13NO2S. The van der Waals surface area contributed by atoms with E-state index in [1.807, 2.05) is 6.92 Å². The van der Waals surface area contributed by atoms with Gasteiger partial charge in [-0.1, -0.05) is 13.8 Å². The van der Waals surface area contributed by atoms with Crippen LogP contribution in [0.5, 0.6) is 0 Å². The van der Waals surface area contributed by atoms with Gasteiger partial charge in [0, 0.05) is 11.1 Å². The summed E-state index contributed by atoms with van der Waals surface area (Å²) in [7, 11) is 0. The van der Waals surface area contributed by atoms with Crippen molar-refractivity contribution in [3.05, 3.63) is 16.6 Å². The Morgan fingerprint density at radius 1 is 1.69 bits per heavy atom. The van der Waals surface area contributed by atoms with Crippen molar-refractivity contribution >= 4 is 17.3 Å². The van der Waals surface area contributed by atoms with E-state index in [0.29, 0.717) is 0 Å². The van der Waals surface area contributed by atoms with Crippen molar-refractivity contribution < 1.29 is 9.90 Å². The lowest BCUT2D eigenvalue weighted by atomic mass is 9.93. The van der Waals surface area contributed by atoms with Crippen LogP contribution in [-0.2, 0) is 11.2 Å². The Balaban J connectivity index is 2.50. The largest absolute Gasteiger partial charge is 0.481 e. The van der Waals surface area contributed by atoms with E-state index in [4.69, 9.17) is 5.11 Å². The Kier molecular flexibility index (Phi) is 3.42. The van der Waals surface area contributed by atoms with E-state index in [9.17, 15) is 4.79 Å². The molecule has 0 aliphatic carbocycles. The first-order chi connectivity index (χ1) is 6.11. The topological polar surface area (TPSA) is 50.2 Å². The van der Waals surface area contributed by atoms with Crippen LogP contribution in [0.25, 0.3) is 0 Å². The molecule has 0 radical (unpaired) electrons. The van der Waals surface area contributed by atoms with E-state index in [0.717, 1.165) is 11.3 Å². The highest BCUT2D eigenvalue weighted by Gasteiger charge is 2.19. The fraction of sp³-hybridized carbons (Fsp3) is 0.556. The van der Waals surface area contributed by atoms with Crippen LogP contribution in [0, 0.1) is 11.8 Å². The molecule has 0 bridgehead atoms. The second-order valence-corrected chi connectivity index (χ2v) is 4.25. The molecule has 0 amide bonds. The second-order valence-electron chi connectivity index (χ2n) is 3.28. The third-order valence-electron chi connectivity index (χ3n) is 2.25. The fourth-order valence-corrected chi connectivity index (χ4v) is 1.82. The van der Waals surface area contributed by atoms with Crippen molar-refractivity contribution in [2.24, 2.45) is 11.8 Å². The highest BCUT2D eigenvalue weighted by Crippen LogP contribution is 2.19. The molecular weight excluding hydrogens is 186 g/mol.